The molecule has 1 aliphatic heterocycles. The van der Waals surface area contributed by atoms with Crippen molar-refractivity contribution in [3.8, 4) is 0 Å². The van der Waals surface area contributed by atoms with Gasteiger partial charge in [0.05, 0.1) is 6.61 Å². The lowest BCUT2D eigenvalue weighted by molar-refractivity contribution is -0.694. The zero-order chi connectivity index (χ0) is 11.1. The van der Waals surface area contributed by atoms with Crippen molar-refractivity contribution in [1.82, 2.24) is 0 Å². The van der Waals surface area contributed by atoms with E-state index in [1.54, 1.807) is 31.2 Å². The Morgan fingerprint density at radius 1 is 1.13 bits per heavy atom. The van der Waals surface area contributed by atoms with E-state index in [0.717, 1.165) is 0 Å². The SMILES string of the molecule is CCOC(=O)[N+]1([O-])C=CC=CC=CC=C1. The quantitative estimate of drug-likeness (QED) is 0.490. The Hall–Kier alpha value is -1.65. The first-order valence-corrected chi connectivity index (χ1v) is 4.66. The summed E-state index contributed by atoms with van der Waals surface area (Å²) in [6, 6.07) is 0. The molecule has 1 rings (SSSR count). The molecule has 0 aromatic carbocycles. The molecule has 15 heavy (non-hydrogen) atoms. The summed E-state index contributed by atoms with van der Waals surface area (Å²) in [4.78, 5) is 11.4. The van der Waals surface area contributed by atoms with Crippen molar-refractivity contribution < 1.29 is 14.2 Å². The molecular weight excluding hydrogens is 194 g/mol. The van der Waals surface area contributed by atoms with Gasteiger partial charge < -0.3 is 9.94 Å². The van der Waals surface area contributed by atoms with Crippen LogP contribution >= 0.6 is 0 Å². The first-order valence-electron chi connectivity index (χ1n) is 4.66. The Balaban J connectivity index is 2.93. The van der Waals surface area contributed by atoms with Gasteiger partial charge >= 0.3 is 6.09 Å². The average molecular weight is 207 g/mol. The summed E-state index contributed by atoms with van der Waals surface area (Å²) >= 11 is 0. The van der Waals surface area contributed by atoms with Crippen LogP contribution in [0, 0.1) is 5.21 Å². The maximum absolute atomic E-state index is 12.0. The third kappa shape index (κ3) is 3.19. The van der Waals surface area contributed by atoms with Gasteiger partial charge in [0.25, 0.3) is 0 Å². The number of nitrogens with zero attached hydrogens (tertiary/aromatic N) is 1. The minimum absolute atomic E-state index is 0.189. The average Bonchev–Trinajstić information content (AvgIpc) is 2.31. The first kappa shape index (κ1) is 11.4. The molecule has 0 spiro atoms. The van der Waals surface area contributed by atoms with E-state index in [9.17, 15) is 10.0 Å². The molecular formula is C11H13NO3. The van der Waals surface area contributed by atoms with Crippen LogP contribution in [-0.2, 0) is 4.74 Å². The smallest absolute Gasteiger partial charge is 0.525 e. The predicted octanol–water partition coefficient (Wildman–Crippen LogP) is 2.61. The molecule has 1 amide bonds. The van der Waals surface area contributed by atoms with E-state index in [1.165, 1.54) is 24.6 Å². The maximum atomic E-state index is 12.0. The van der Waals surface area contributed by atoms with Gasteiger partial charge in [0.1, 0.15) is 12.4 Å². The highest BCUT2D eigenvalue weighted by Crippen LogP contribution is 2.12. The lowest BCUT2D eigenvalue weighted by Gasteiger charge is -2.29. The standard InChI is InChI=1S/C11H13NO3/c1-2-15-11(13)12(14)9-7-5-3-4-6-8-10-12/h3-10H,2H2,1H3. The molecule has 4 heteroatoms. The minimum Gasteiger partial charge on any atom is -0.612 e. The van der Waals surface area contributed by atoms with Crippen molar-refractivity contribution in [2.75, 3.05) is 6.61 Å². The molecule has 80 valence electrons. The van der Waals surface area contributed by atoms with Crippen molar-refractivity contribution in [3.05, 3.63) is 54.1 Å². The number of hydrogen-bond acceptors (Lipinski definition) is 3. The Kier molecular flexibility index (Phi) is 4.03. The third-order valence-corrected chi connectivity index (χ3v) is 1.72. The Labute approximate surface area is 88.6 Å². The summed E-state index contributed by atoms with van der Waals surface area (Å²) < 4.78 is 3.46. The van der Waals surface area contributed by atoms with E-state index in [1.807, 2.05) is 0 Å². The molecule has 1 heterocycles. The molecule has 4 nitrogen and oxygen atoms in total. The first-order chi connectivity index (χ1) is 7.19. The van der Waals surface area contributed by atoms with Crippen molar-refractivity contribution in [1.29, 1.82) is 0 Å². The number of ether oxygens (including phenoxy) is 1. The zero-order valence-electron chi connectivity index (χ0n) is 8.50. The fraction of sp³-hybridized carbons (Fsp3) is 0.182. The topological polar surface area (TPSA) is 49.4 Å². The van der Waals surface area contributed by atoms with Crippen molar-refractivity contribution in [2.45, 2.75) is 6.92 Å². The monoisotopic (exact) mass is 207 g/mol. The van der Waals surface area contributed by atoms with Crippen LogP contribution in [0.15, 0.2) is 48.9 Å². The van der Waals surface area contributed by atoms with E-state index >= 15 is 0 Å². The zero-order valence-corrected chi connectivity index (χ0v) is 8.50. The van der Waals surface area contributed by atoms with Crippen LogP contribution in [0.2, 0.25) is 0 Å². The highest BCUT2D eigenvalue weighted by atomic mass is 16.7. The second-order valence-electron chi connectivity index (χ2n) is 2.86. The molecule has 0 bridgehead atoms. The Morgan fingerprint density at radius 2 is 1.60 bits per heavy atom. The minimum atomic E-state index is -1.23. The van der Waals surface area contributed by atoms with Crippen LogP contribution in [-0.4, -0.2) is 17.3 Å². The number of amides is 1. The molecule has 1 aliphatic rings. The van der Waals surface area contributed by atoms with E-state index in [0.29, 0.717) is 0 Å². The fourth-order valence-corrected chi connectivity index (χ4v) is 1.01. The number of hydroxylamine groups is 3. The van der Waals surface area contributed by atoms with Gasteiger partial charge in [-0.1, -0.05) is 24.3 Å². The summed E-state index contributed by atoms with van der Waals surface area (Å²) in [5.74, 6) is 0. The Bertz CT molecular complexity index is 318. The molecule has 0 saturated heterocycles. The molecule has 0 unspecified atom stereocenters. The fourth-order valence-electron chi connectivity index (χ4n) is 1.01. The van der Waals surface area contributed by atoms with Gasteiger partial charge in [-0.25, -0.2) is 4.65 Å². The Morgan fingerprint density at radius 3 is 2.07 bits per heavy atom. The molecule has 0 fully saturated rings. The van der Waals surface area contributed by atoms with Crippen molar-refractivity contribution >= 4 is 6.09 Å². The van der Waals surface area contributed by atoms with Gasteiger partial charge in [-0.05, 0) is 19.1 Å². The predicted molar refractivity (Wildman–Crippen MR) is 57.2 cm³/mol. The van der Waals surface area contributed by atoms with E-state index in [-0.39, 0.29) is 6.61 Å². The van der Waals surface area contributed by atoms with Gasteiger partial charge in [0, 0.05) is 0 Å². The molecule has 0 atom stereocenters. The van der Waals surface area contributed by atoms with Crippen molar-refractivity contribution in [2.24, 2.45) is 0 Å². The van der Waals surface area contributed by atoms with E-state index in [2.05, 4.69) is 0 Å². The van der Waals surface area contributed by atoms with Crippen LogP contribution in [0.1, 0.15) is 6.92 Å². The number of carbonyl (C=O) groups excluding carboxylic acids is 1. The van der Waals surface area contributed by atoms with E-state index < -0.39 is 10.7 Å². The van der Waals surface area contributed by atoms with Crippen molar-refractivity contribution in [3.63, 3.8) is 0 Å². The second kappa shape index (κ2) is 5.29. The van der Waals surface area contributed by atoms with Gasteiger partial charge in [0.2, 0.25) is 0 Å². The largest absolute Gasteiger partial charge is 0.612 e. The normalized spacial score (nSPS) is 24.4. The number of rotatable bonds is 1. The lowest BCUT2D eigenvalue weighted by Crippen LogP contribution is -2.37. The third-order valence-electron chi connectivity index (χ3n) is 1.72. The molecule has 0 aliphatic carbocycles. The number of carbonyl (C=O) groups is 1. The molecule has 0 aromatic heterocycles. The molecule has 0 saturated carbocycles. The van der Waals surface area contributed by atoms with Gasteiger partial charge in [0.15, 0.2) is 0 Å². The van der Waals surface area contributed by atoms with Crippen LogP contribution in [0.25, 0.3) is 0 Å². The lowest BCUT2D eigenvalue weighted by atomic mass is 10.4. The number of hydrogen-bond donors (Lipinski definition) is 0. The summed E-state index contributed by atoms with van der Waals surface area (Å²) in [6.07, 6.45) is 11.5. The number of quaternary nitrogens is 1. The summed E-state index contributed by atoms with van der Waals surface area (Å²) in [5.41, 5.74) is 0. The molecule has 0 aromatic rings. The van der Waals surface area contributed by atoms with Gasteiger partial charge in [-0.15, -0.1) is 0 Å². The maximum Gasteiger partial charge on any atom is 0.525 e. The summed E-state index contributed by atoms with van der Waals surface area (Å²) in [7, 11) is 0. The highest BCUT2D eigenvalue weighted by Gasteiger charge is 2.24. The van der Waals surface area contributed by atoms with Gasteiger partial charge in [-0.2, -0.15) is 4.79 Å². The van der Waals surface area contributed by atoms with Crippen LogP contribution in [0.5, 0.6) is 0 Å². The molecule has 0 radical (unpaired) electrons. The van der Waals surface area contributed by atoms with Crippen LogP contribution in [0.4, 0.5) is 4.79 Å². The number of allylic oxidation sites excluding steroid dienone is 6. The second-order valence-corrected chi connectivity index (χ2v) is 2.86. The highest BCUT2D eigenvalue weighted by molar-refractivity contribution is 5.61. The van der Waals surface area contributed by atoms with Crippen LogP contribution in [0.3, 0.4) is 0 Å². The summed E-state index contributed by atoms with van der Waals surface area (Å²) in [5, 5.41) is 12.0. The van der Waals surface area contributed by atoms with E-state index in [4.69, 9.17) is 4.74 Å². The summed E-state index contributed by atoms with van der Waals surface area (Å²) in [6.45, 7) is 1.85. The van der Waals surface area contributed by atoms with Crippen LogP contribution < -0.4 is 0 Å². The molecule has 0 N–H and O–H groups in total. The van der Waals surface area contributed by atoms with Gasteiger partial charge in [-0.3, -0.25) is 0 Å².